The quantitative estimate of drug-likeness (QED) is 0.831. The number of carbonyl (C=O) groups excluding carboxylic acids is 2. The van der Waals surface area contributed by atoms with E-state index in [4.69, 9.17) is 4.74 Å². The van der Waals surface area contributed by atoms with Crippen molar-refractivity contribution in [2.45, 2.75) is 31.8 Å². The molecule has 0 unspecified atom stereocenters. The van der Waals surface area contributed by atoms with Crippen LogP contribution in [0.15, 0.2) is 36.7 Å². The number of amides is 1. The third-order valence-corrected chi connectivity index (χ3v) is 4.65. The highest BCUT2D eigenvalue weighted by Gasteiger charge is 2.29. The number of likely N-dealkylation sites (tertiary alicyclic amines) is 1. The van der Waals surface area contributed by atoms with Gasteiger partial charge in [0.15, 0.2) is 0 Å². The topological polar surface area (TPSA) is 76.5 Å². The van der Waals surface area contributed by atoms with E-state index in [1.807, 2.05) is 12.1 Å². The number of piperidine rings is 1. The lowest BCUT2D eigenvalue weighted by atomic mass is 10.0. The van der Waals surface area contributed by atoms with Crippen molar-refractivity contribution in [2.24, 2.45) is 7.05 Å². The largest absolute Gasteiger partial charge is 0.468 e. The molecule has 1 saturated heterocycles. The zero-order chi connectivity index (χ0) is 18.5. The number of methoxy groups -OCH3 is 1. The molecule has 1 N–H and O–H groups in total. The van der Waals surface area contributed by atoms with E-state index in [1.54, 1.807) is 36.3 Å². The molecule has 7 heteroatoms. The van der Waals surface area contributed by atoms with Crippen LogP contribution in [0.2, 0.25) is 0 Å². The number of aryl methyl sites for hydroxylation is 1. The third-order valence-electron chi connectivity index (χ3n) is 4.65. The monoisotopic (exact) mass is 356 g/mol. The molecule has 1 fully saturated rings. The molecule has 2 heterocycles. The highest BCUT2D eigenvalue weighted by molar-refractivity contribution is 6.04. The number of carbonyl (C=O) groups is 2. The van der Waals surface area contributed by atoms with Crippen LogP contribution in [0.1, 0.15) is 35.2 Å². The number of nitrogens with one attached hydrogen (secondary N) is 1. The lowest BCUT2D eigenvalue weighted by Crippen LogP contribution is -2.44. The molecule has 1 aliphatic heterocycles. The predicted molar refractivity (Wildman–Crippen MR) is 97.7 cm³/mol. The Morgan fingerprint density at radius 2 is 2.04 bits per heavy atom. The van der Waals surface area contributed by atoms with Crippen LogP contribution in [0, 0.1) is 0 Å². The zero-order valence-corrected chi connectivity index (χ0v) is 15.1. The van der Waals surface area contributed by atoms with Gasteiger partial charge in [-0.25, -0.2) is 0 Å². The zero-order valence-electron chi connectivity index (χ0n) is 15.1. The van der Waals surface area contributed by atoms with Crippen molar-refractivity contribution in [3.8, 4) is 0 Å². The van der Waals surface area contributed by atoms with Crippen molar-refractivity contribution in [2.75, 3.05) is 19.0 Å². The van der Waals surface area contributed by atoms with E-state index in [2.05, 4.69) is 15.3 Å². The molecule has 2 aromatic rings. The van der Waals surface area contributed by atoms with E-state index in [0.717, 1.165) is 31.4 Å². The number of hydrogen-bond donors (Lipinski definition) is 1. The van der Waals surface area contributed by atoms with E-state index in [1.165, 1.54) is 7.11 Å². The third kappa shape index (κ3) is 4.29. The molecule has 3 rings (SSSR count). The van der Waals surface area contributed by atoms with Gasteiger partial charge < -0.3 is 10.1 Å². The molecule has 1 aromatic heterocycles. The summed E-state index contributed by atoms with van der Waals surface area (Å²) in [6, 6.07) is 7.29. The number of esters is 1. The first kappa shape index (κ1) is 18.1. The van der Waals surface area contributed by atoms with Crippen LogP contribution in [0.4, 0.5) is 5.69 Å². The Balaban J connectivity index is 1.63. The summed E-state index contributed by atoms with van der Waals surface area (Å²) in [5.74, 6) is -0.341. The Hall–Kier alpha value is -2.67. The van der Waals surface area contributed by atoms with Gasteiger partial charge in [0.1, 0.15) is 6.04 Å². The molecule has 0 saturated carbocycles. The molecule has 0 aliphatic carbocycles. The van der Waals surface area contributed by atoms with Crippen LogP contribution in [0.5, 0.6) is 0 Å². The van der Waals surface area contributed by atoms with Crippen molar-refractivity contribution in [3.63, 3.8) is 0 Å². The summed E-state index contributed by atoms with van der Waals surface area (Å²) in [6.07, 6.45) is 6.31. The molecule has 0 bridgehead atoms. The number of rotatable bonds is 5. The Kier molecular flexibility index (Phi) is 5.68. The normalized spacial score (nSPS) is 17.7. The molecule has 0 spiro atoms. The van der Waals surface area contributed by atoms with Crippen LogP contribution in [-0.2, 0) is 23.1 Å². The Bertz CT molecular complexity index is 769. The van der Waals surface area contributed by atoms with Gasteiger partial charge in [-0.3, -0.25) is 19.2 Å². The molecule has 1 aromatic carbocycles. The summed E-state index contributed by atoms with van der Waals surface area (Å²) in [5, 5.41) is 6.85. The first-order valence-electron chi connectivity index (χ1n) is 8.77. The van der Waals surface area contributed by atoms with Crippen LogP contribution in [0.25, 0.3) is 0 Å². The summed E-state index contributed by atoms with van der Waals surface area (Å²) >= 11 is 0. The molecular formula is C19H24N4O3. The number of anilines is 1. The molecule has 1 amide bonds. The molecule has 1 atom stereocenters. The summed E-state index contributed by atoms with van der Waals surface area (Å²) < 4.78 is 6.56. The number of hydrogen-bond acceptors (Lipinski definition) is 5. The van der Waals surface area contributed by atoms with Gasteiger partial charge >= 0.3 is 5.97 Å². The smallest absolute Gasteiger partial charge is 0.323 e. The first-order chi connectivity index (χ1) is 12.6. The Labute approximate surface area is 152 Å². The van der Waals surface area contributed by atoms with Crippen LogP contribution < -0.4 is 5.32 Å². The first-order valence-corrected chi connectivity index (χ1v) is 8.77. The van der Waals surface area contributed by atoms with Gasteiger partial charge in [0.25, 0.3) is 5.91 Å². The van der Waals surface area contributed by atoms with Gasteiger partial charge in [-0.15, -0.1) is 0 Å². The molecular weight excluding hydrogens is 332 g/mol. The highest BCUT2D eigenvalue weighted by Crippen LogP contribution is 2.21. The predicted octanol–water partition coefficient (Wildman–Crippen LogP) is 2.20. The van der Waals surface area contributed by atoms with Gasteiger partial charge in [-0.05, 0) is 37.1 Å². The molecule has 26 heavy (non-hydrogen) atoms. The maximum absolute atomic E-state index is 12.3. The maximum atomic E-state index is 12.3. The molecule has 1 aliphatic rings. The number of aromatic nitrogens is 2. The summed E-state index contributed by atoms with van der Waals surface area (Å²) in [4.78, 5) is 26.4. The fraction of sp³-hybridized carbons (Fsp3) is 0.421. The standard InChI is InChI=1S/C19H24N4O3/c1-22-13-16(11-20-22)21-18(24)15-8-6-14(7-9-15)12-23-10-4-3-5-17(23)19(25)26-2/h6-9,11,13,17H,3-5,10,12H2,1-2H3,(H,21,24)/t17-/m0/s1. The summed E-state index contributed by atoms with van der Waals surface area (Å²) in [5.41, 5.74) is 2.32. The van der Waals surface area contributed by atoms with Crippen LogP contribution in [0.3, 0.4) is 0 Å². The van der Waals surface area contributed by atoms with E-state index in [9.17, 15) is 9.59 Å². The van der Waals surface area contributed by atoms with E-state index >= 15 is 0 Å². The summed E-state index contributed by atoms with van der Waals surface area (Å²) in [7, 11) is 3.23. The van der Waals surface area contributed by atoms with Crippen molar-refractivity contribution in [3.05, 3.63) is 47.8 Å². The average molecular weight is 356 g/mol. The maximum Gasteiger partial charge on any atom is 0.323 e. The Morgan fingerprint density at radius 3 is 2.69 bits per heavy atom. The van der Waals surface area contributed by atoms with Crippen molar-refractivity contribution in [1.82, 2.24) is 14.7 Å². The van der Waals surface area contributed by atoms with E-state index in [-0.39, 0.29) is 17.9 Å². The number of ether oxygens (including phenoxy) is 1. The van der Waals surface area contributed by atoms with Gasteiger partial charge in [-0.2, -0.15) is 5.10 Å². The molecule has 0 radical (unpaired) electrons. The van der Waals surface area contributed by atoms with Crippen LogP contribution in [-0.4, -0.2) is 46.3 Å². The highest BCUT2D eigenvalue weighted by atomic mass is 16.5. The minimum Gasteiger partial charge on any atom is -0.468 e. The van der Waals surface area contributed by atoms with Crippen LogP contribution >= 0.6 is 0 Å². The van der Waals surface area contributed by atoms with Crippen molar-refractivity contribution in [1.29, 1.82) is 0 Å². The van der Waals surface area contributed by atoms with E-state index in [0.29, 0.717) is 17.8 Å². The van der Waals surface area contributed by atoms with Gasteiger partial charge in [0, 0.05) is 25.4 Å². The van der Waals surface area contributed by atoms with E-state index < -0.39 is 0 Å². The Morgan fingerprint density at radius 1 is 1.27 bits per heavy atom. The van der Waals surface area contributed by atoms with Crippen molar-refractivity contribution >= 4 is 17.6 Å². The lowest BCUT2D eigenvalue weighted by molar-refractivity contribution is -0.148. The average Bonchev–Trinajstić information content (AvgIpc) is 3.07. The van der Waals surface area contributed by atoms with Gasteiger partial charge in [-0.1, -0.05) is 18.6 Å². The number of benzene rings is 1. The summed E-state index contributed by atoms with van der Waals surface area (Å²) in [6.45, 7) is 1.55. The second kappa shape index (κ2) is 8.14. The lowest BCUT2D eigenvalue weighted by Gasteiger charge is -2.33. The SMILES string of the molecule is COC(=O)[C@@H]1CCCCN1Cc1ccc(C(=O)Nc2cnn(C)c2)cc1. The second-order valence-corrected chi connectivity index (χ2v) is 6.56. The molecule has 138 valence electrons. The molecule has 7 nitrogen and oxygen atoms in total. The minimum absolute atomic E-state index is 0.169. The van der Waals surface area contributed by atoms with Gasteiger partial charge in [0.05, 0.1) is 19.0 Å². The van der Waals surface area contributed by atoms with Gasteiger partial charge in [0.2, 0.25) is 0 Å². The minimum atomic E-state index is -0.178. The fourth-order valence-electron chi connectivity index (χ4n) is 3.27. The fourth-order valence-corrected chi connectivity index (χ4v) is 3.27. The number of nitrogens with zero attached hydrogens (tertiary/aromatic N) is 3. The second-order valence-electron chi connectivity index (χ2n) is 6.56. The van der Waals surface area contributed by atoms with Crippen molar-refractivity contribution < 1.29 is 14.3 Å².